The number of ether oxygens (including phenoxy) is 1. The van der Waals surface area contributed by atoms with Crippen LogP contribution in [0.15, 0.2) is 61.2 Å². The second-order valence-electron chi connectivity index (χ2n) is 8.37. The number of aromatic amines is 1. The van der Waals surface area contributed by atoms with E-state index in [-0.39, 0.29) is 12.4 Å². The zero-order chi connectivity index (χ0) is 22.7. The lowest BCUT2D eigenvalue weighted by molar-refractivity contribution is -0.126. The number of benzene rings is 1. The lowest BCUT2D eigenvalue weighted by Crippen LogP contribution is -2.29. The van der Waals surface area contributed by atoms with Gasteiger partial charge in [0.05, 0.1) is 17.3 Å². The number of pyridine rings is 1. The zero-order valence-electron chi connectivity index (χ0n) is 18.6. The van der Waals surface area contributed by atoms with Gasteiger partial charge in [-0.1, -0.05) is 30.3 Å². The topological polar surface area (TPSA) is 93.7 Å². The molecule has 0 fully saturated rings. The number of ketones is 1. The number of aromatic nitrogens is 5. The lowest BCUT2D eigenvalue weighted by atomic mass is 9.90. The van der Waals surface area contributed by atoms with E-state index in [0.29, 0.717) is 17.5 Å². The van der Waals surface area contributed by atoms with Crippen LogP contribution in [0.25, 0.3) is 34.0 Å². The molecule has 1 aromatic carbocycles. The van der Waals surface area contributed by atoms with Gasteiger partial charge in [0.15, 0.2) is 11.6 Å². The van der Waals surface area contributed by atoms with Gasteiger partial charge in [0, 0.05) is 35.8 Å². The van der Waals surface area contributed by atoms with Crippen molar-refractivity contribution < 1.29 is 9.53 Å². The Hall–Kier alpha value is -3.87. The van der Waals surface area contributed by atoms with Gasteiger partial charge >= 0.3 is 0 Å². The quantitative estimate of drug-likeness (QED) is 0.451. The van der Waals surface area contributed by atoms with E-state index in [1.807, 2.05) is 57.2 Å². The molecular weight excluding hydrogens is 402 g/mol. The predicted molar refractivity (Wildman–Crippen MR) is 123 cm³/mol. The number of imidazole rings is 1. The fraction of sp³-hybridized carbons (Fsp3) is 0.240. The third-order valence-electron chi connectivity index (χ3n) is 5.45. The average molecular weight is 428 g/mol. The van der Waals surface area contributed by atoms with Crippen molar-refractivity contribution in [3.8, 4) is 39.9 Å². The van der Waals surface area contributed by atoms with E-state index in [2.05, 4.69) is 24.9 Å². The molecule has 0 unspecified atom stereocenters. The van der Waals surface area contributed by atoms with Crippen LogP contribution in [0.2, 0.25) is 0 Å². The Bertz CT molecular complexity index is 1230. The minimum absolute atomic E-state index is 0.0792. The van der Waals surface area contributed by atoms with Crippen molar-refractivity contribution in [3.63, 3.8) is 0 Å². The predicted octanol–water partition coefficient (Wildman–Crippen LogP) is 4.90. The Morgan fingerprint density at radius 2 is 1.69 bits per heavy atom. The molecule has 7 heteroatoms. The second-order valence-corrected chi connectivity index (χ2v) is 8.37. The highest BCUT2D eigenvalue weighted by Gasteiger charge is 2.25. The number of Topliss-reactive ketones (excluding diaryl/α,β-unsaturated/α-hetero) is 1. The number of rotatable bonds is 7. The standard InChI is InChI=1S/C25H25N5O2/c1-16-10-22(32-15-25(3,4)17(2)31)26-13-20(16)19-11-27-23(28-12-19)24-29-14-21(30-24)18-8-6-5-7-9-18/h5-14H,15H2,1-4H3,(H,29,30). The minimum atomic E-state index is -0.551. The molecule has 1 N–H and O–H groups in total. The van der Waals surface area contributed by atoms with Crippen molar-refractivity contribution in [2.45, 2.75) is 27.7 Å². The SMILES string of the molecule is CC(=O)C(C)(C)COc1cc(C)c(-c2cnc(-c3ncc(-c4ccccc4)[nH]3)nc2)cn1. The lowest BCUT2D eigenvalue weighted by Gasteiger charge is -2.21. The first-order valence-corrected chi connectivity index (χ1v) is 10.4. The summed E-state index contributed by atoms with van der Waals surface area (Å²) in [5.74, 6) is 1.70. The Morgan fingerprint density at radius 1 is 0.969 bits per heavy atom. The van der Waals surface area contributed by atoms with Gasteiger partial charge in [-0.05, 0) is 38.8 Å². The van der Waals surface area contributed by atoms with Crippen LogP contribution in [-0.4, -0.2) is 37.3 Å². The molecule has 0 aliphatic heterocycles. The molecule has 3 aromatic heterocycles. The van der Waals surface area contributed by atoms with Gasteiger partial charge in [-0.15, -0.1) is 0 Å². The molecular formula is C25H25N5O2. The van der Waals surface area contributed by atoms with Gasteiger partial charge < -0.3 is 9.72 Å². The van der Waals surface area contributed by atoms with Crippen molar-refractivity contribution in [2.75, 3.05) is 6.61 Å². The fourth-order valence-corrected chi connectivity index (χ4v) is 3.06. The van der Waals surface area contributed by atoms with E-state index in [9.17, 15) is 4.79 Å². The number of nitrogens with one attached hydrogen (secondary N) is 1. The highest BCUT2D eigenvalue weighted by atomic mass is 16.5. The molecule has 3 heterocycles. The molecule has 4 rings (SSSR count). The summed E-state index contributed by atoms with van der Waals surface area (Å²) in [4.78, 5) is 32.7. The monoisotopic (exact) mass is 427 g/mol. The average Bonchev–Trinajstić information content (AvgIpc) is 3.29. The van der Waals surface area contributed by atoms with E-state index >= 15 is 0 Å². The maximum atomic E-state index is 11.7. The molecule has 0 bridgehead atoms. The highest BCUT2D eigenvalue weighted by Crippen LogP contribution is 2.26. The maximum Gasteiger partial charge on any atom is 0.213 e. The number of carbonyl (C=O) groups is 1. The summed E-state index contributed by atoms with van der Waals surface area (Å²) in [6, 6.07) is 11.8. The van der Waals surface area contributed by atoms with Crippen molar-refractivity contribution >= 4 is 5.78 Å². The van der Waals surface area contributed by atoms with Crippen LogP contribution in [0.3, 0.4) is 0 Å². The van der Waals surface area contributed by atoms with Crippen LogP contribution < -0.4 is 4.74 Å². The summed E-state index contributed by atoms with van der Waals surface area (Å²) >= 11 is 0. The normalized spacial score (nSPS) is 11.4. The van der Waals surface area contributed by atoms with Gasteiger partial charge in [0.1, 0.15) is 12.4 Å². The molecule has 32 heavy (non-hydrogen) atoms. The van der Waals surface area contributed by atoms with Gasteiger partial charge in [-0.2, -0.15) is 0 Å². The molecule has 0 saturated carbocycles. The smallest absolute Gasteiger partial charge is 0.213 e. The first-order chi connectivity index (χ1) is 15.3. The molecule has 0 spiro atoms. The van der Waals surface area contributed by atoms with Crippen LogP contribution >= 0.6 is 0 Å². The van der Waals surface area contributed by atoms with Gasteiger partial charge in [-0.25, -0.2) is 19.9 Å². The van der Waals surface area contributed by atoms with Crippen LogP contribution in [0.5, 0.6) is 5.88 Å². The molecule has 0 radical (unpaired) electrons. The Morgan fingerprint density at radius 3 is 2.34 bits per heavy atom. The summed E-state index contributed by atoms with van der Waals surface area (Å²) in [5.41, 5.74) is 4.17. The number of nitrogens with zero attached hydrogens (tertiary/aromatic N) is 4. The van der Waals surface area contributed by atoms with Crippen LogP contribution in [0.1, 0.15) is 26.3 Å². The van der Waals surface area contributed by atoms with Crippen molar-refractivity contribution in [1.82, 2.24) is 24.9 Å². The summed E-state index contributed by atoms with van der Waals surface area (Å²) in [7, 11) is 0. The van der Waals surface area contributed by atoms with Gasteiger partial charge in [-0.3, -0.25) is 4.79 Å². The number of hydrogen-bond donors (Lipinski definition) is 1. The molecule has 162 valence electrons. The first-order valence-electron chi connectivity index (χ1n) is 10.4. The van der Waals surface area contributed by atoms with Crippen LogP contribution in [0, 0.1) is 12.3 Å². The van der Waals surface area contributed by atoms with Crippen molar-refractivity contribution in [3.05, 3.63) is 66.7 Å². The fourth-order valence-electron chi connectivity index (χ4n) is 3.06. The highest BCUT2D eigenvalue weighted by molar-refractivity contribution is 5.81. The third-order valence-corrected chi connectivity index (χ3v) is 5.45. The zero-order valence-corrected chi connectivity index (χ0v) is 18.6. The minimum Gasteiger partial charge on any atom is -0.477 e. The van der Waals surface area contributed by atoms with E-state index in [4.69, 9.17) is 4.74 Å². The van der Waals surface area contributed by atoms with Crippen LogP contribution in [0.4, 0.5) is 0 Å². The largest absolute Gasteiger partial charge is 0.477 e. The van der Waals surface area contributed by atoms with E-state index < -0.39 is 5.41 Å². The summed E-state index contributed by atoms with van der Waals surface area (Å²) in [5, 5.41) is 0. The van der Waals surface area contributed by atoms with E-state index in [1.54, 1.807) is 31.7 Å². The number of aryl methyl sites for hydroxylation is 1. The van der Waals surface area contributed by atoms with E-state index in [1.165, 1.54) is 0 Å². The van der Waals surface area contributed by atoms with Gasteiger partial charge in [0.2, 0.25) is 5.88 Å². The molecule has 0 atom stereocenters. The Labute approximate surface area is 187 Å². The Balaban J connectivity index is 1.50. The first kappa shape index (κ1) is 21.4. The number of H-pyrrole nitrogens is 1. The molecule has 0 aliphatic carbocycles. The van der Waals surface area contributed by atoms with Gasteiger partial charge in [0.25, 0.3) is 0 Å². The Kier molecular flexibility index (Phi) is 5.81. The molecule has 0 saturated heterocycles. The summed E-state index contributed by atoms with van der Waals surface area (Å²) < 4.78 is 5.74. The third kappa shape index (κ3) is 4.56. The molecule has 0 amide bonds. The molecule has 4 aromatic rings. The second kappa shape index (κ2) is 8.70. The summed E-state index contributed by atoms with van der Waals surface area (Å²) in [6.07, 6.45) is 7.04. The molecule has 0 aliphatic rings. The van der Waals surface area contributed by atoms with E-state index in [0.717, 1.165) is 27.9 Å². The van der Waals surface area contributed by atoms with Crippen molar-refractivity contribution in [1.29, 1.82) is 0 Å². The van der Waals surface area contributed by atoms with Crippen LogP contribution in [-0.2, 0) is 4.79 Å². The number of carbonyl (C=O) groups excluding carboxylic acids is 1. The maximum absolute atomic E-state index is 11.7. The number of hydrogen-bond acceptors (Lipinski definition) is 6. The summed E-state index contributed by atoms with van der Waals surface area (Å²) in [6.45, 7) is 7.54. The van der Waals surface area contributed by atoms with Crippen molar-refractivity contribution in [2.24, 2.45) is 5.41 Å². The molecule has 7 nitrogen and oxygen atoms in total.